The normalized spacial score (nSPS) is 20.1. The molecule has 28 heavy (non-hydrogen) atoms. The van der Waals surface area contributed by atoms with Gasteiger partial charge in [-0.05, 0) is 63.9 Å². The van der Waals surface area contributed by atoms with E-state index in [4.69, 9.17) is 4.42 Å². The topological polar surface area (TPSA) is 52.5 Å². The molecular weight excluding hydrogens is 350 g/mol. The number of hydrogen-bond acceptors (Lipinski definition) is 3. The zero-order valence-corrected chi connectivity index (χ0v) is 16.6. The lowest BCUT2D eigenvalue weighted by Crippen LogP contribution is -2.39. The monoisotopic (exact) mass is 377 g/mol. The number of nitrogens with one attached hydrogen (secondary N) is 1. The van der Waals surface area contributed by atoms with E-state index in [0.717, 1.165) is 55.2 Å². The summed E-state index contributed by atoms with van der Waals surface area (Å²) in [6.45, 7) is 7.70. The predicted molar refractivity (Wildman–Crippen MR) is 109 cm³/mol. The van der Waals surface area contributed by atoms with Crippen molar-refractivity contribution in [2.75, 3.05) is 19.6 Å². The molecule has 5 nitrogen and oxygen atoms in total. The van der Waals surface area contributed by atoms with E-state index in [-0.39, 0.29) is 11.9 Å². The van der Waals surface area contributed by atoms with Crippen LogP contribution in [0.15, 0.2) is 34.7 Å². The number of benzene rings is 1. The fourth-order valence-corrected chi connectivity index (χ4v) is 4.87. The average molecular weight is 377 g/mol. The van der Waals surface area contributed by atoms with Gasteiger partial charge in [0.2, 0.25) is 0 Å². The second-order valence-electron chi connectivity index (χ2n) is 8.16. The number of aryl methyl sites for hydroxylation is 1. The third-order valence-electron chi connectivity index (χ3n) is 6.32. The SMILES string of the molecule is Cc1cc(C(=O)N2CCc3c([nH]c4ccccc34)[C@@H]2C)c(CN2CCCC2)o1. The first-order valence-corrected chi connectivity index (χ1v) is 10.3. The number of para-hydroxylation sites is 1. The average Bonchev–Trinajstić information content (AvgIpc) is 3.41. The molecule has 3 aromatic rings. The molecule has 0 bridgehead atoms. The molecule has 2 aromatic heterocycles. The molecule has 2 aliphatic heterocycles. The maximum Gasteiger partial charge on any atom is 0.258 e. The number of furan rings is 1. The van der Waals surface area contributed by atoms with Crippen molar-refractivity contribution in [3.8, 4) is 0 Å². The summed E-state index contributed by atoms with van der Waals surface area (Å²) >= 11 is 0. The molecule has 1 atom stereocenters. The van der Waals surface area contributed by atoms with Crippen LogP contribution in [-0.2, 0) is 13.0 Å². The fraction of sp³-hybridized carbons (Fsp3) is 0.435. The number of aromatic amines is 1. The van der Waals surface area contributed by atoms with Crippen molar-refractivity contribution in [1.82, 2.24) is 14.8 Å². The molecule has 1 N–H and O–H groups in total. The summed E-state index contributed by atoms with van der Waals surface area (Å²) in [5.74, 6) is 1.72. The maximum absolute atomic E-state index is 13.5. The molecule has 0 aliphatic carbocycles. The molecule has 1 fully saturated rings. The summed E-state index contributed by atoms with van der Waals surface area (Å²) in [6, 6.07) is 10.4. The molecule has 0 unspecified atom stereocenters. The second-order valence-corrected chi connectivity index (χ2v) is 8.16. The Labute approximate surface area is 165 Å². The van der Waals surface area contributed by atoms with E-state index in [2.05, 4.69) is 41.1 Å². The zero-order chi connectivity index (χ0) is 19.3. The maximum atomic E-state index is 13.5. The number of fused-ring (bicyclic) bond motifs is 3. The number of carbonyl (C=O) groups is 1. The van der Waals surface area contributed by atoms with Crippen LogP contribution in [-0.4, -0.2) is 40.3 Å². The lowest BCUT2D eigenvalue weighted by Gasteiger charge is -2.33. The van der Waals surface area contributed by atoms with Crippen LogP contribution < -0.4 is 0 Å². The Bertz CT molecular complexity index is 1030. The number of aromatic nitrogens is 1. The number of likely N-dealkylation sites (tertiary alicyclic amines) is 1. The van der Waals surface area contributed by atoms with Crippen molar-refractivity contribution in [2.24, 2.45) is 0 Å². The van der Waals surface area contributed by atoms with Crippen molar-refractivity contribution in [2.45, 2.75) is 45.7 Å². The van der Waals surface area contributed by atoms with Crippen molar-refractivity contribution < 1.29 is 9.21 Å². The number of carbonyl (C=O) groups excluding carboxylic acids is 1. The molecule has 5 heteroatoms. The largest absolute Gasteiger partial charge is 0.464 e. The van der Waals surface area contributed by atoms with Gasteiger partial charge in [0, 0.05) is 23.1 Å². The van der Waals surface area contributed by atoms with Gasteiger partial charge in [0.15, 0.2) is 0 Å². The smallest absolute Gasteiger partial charge is 0.258 e. The molecule has 1 amide bonds. The number of hydrogen-bond donors (Lipinski definition) is 1. The molecular formula is C23H27N3O2. The highest BCUT2D eigenvalue weighted by molar-refractivity contribution is 5.96. The van der Waals surface area contributed by atoms with Gasteiger partial charge in [0.1, 0.15) is 11.5 Å². The van der Waals surface area contributed by atoms with Gasteiger partial charge in [-0.15, -0.1) is 0 Å². The number of nitrogens with zero attached hydrogens (tertiary/aromatic N) is 2. The molecule has 0 saturated carbocycles. The van der Waals surface area contributed by atoms with E-state index in [1.54, 1.807) is 0 Å². The molecule has 1 saturated heterocycles. The van der Waals surface area contributed by atoms with Gasteiger partial charge in [-0.1, -0.05) is 18.2 Å². The molecule has 1 aromatic carbocycles. The van der Waals surface area contributed by atoms with Crippen LogP contribution in [0.4, 0.5) is 0 Å². The second kappa shape index (κ2) is 6.82. The van der Waals surface area contributed by atoms with Crippen LogP contribution in [0.3, 0.4) is 0 Å². The molecule has 4 heterocycles. The molecule has 0 spiro atoms. The van der Waals surface area contributed by atoms with Gasteiger partial charge in [0.05, 0.1) is 18.2 Å². The van der Waals surface area contributed by atoms with Gasteiger partial charge in [-0.3, -0.25) is 9.69 Å². The molecule has 5 rings (SSSR count). The van der Waals surface area contributed by atoms with Crippen molar-refractivity contribution in [1.29, 1.82) is 0 Å². The van der Waals surface area contributed by atoms with Gasteiger partial charge in [0.25, 0.3) is 5.91 Å². The van der Waals surface area contributed by atoms with Crippen LogP contribution in [0.2, 0.25) is 0 Å². The van der Waals surface area contributed by atoms with E-state index < -0.39 is 0 Å². The Kier molecular flexibility index (Phi) is 4.27. The molecule has 0 radical (unpaired) electrons. The highest BCUT2D eigenvalue weighted by Gasteiger charge is 2.33. The number of H-pyrrole nitrogens is 1. The Balaban J connectivity index is 1.44. The fourth-order valence-electron chi connectivity index (χ4n) is 4.87. The van der Waals surface area contributed by atoms with Crippen LogP contribution in [0.5, 0.6) is 0 Å². The Morgan fingerprint density at radius 3 is 2.82 bits per heavy atom. The van der Waals surface area contributed by atoms with Crippen molar-refractivity contribution >= 4 is 16.8 Å². The quantitative estimate of drug-likeness (QED) is 0.735. The Morgan fingerprint density at radius 2 is 2.00 bits per heavy atom. The van der Waals surface area contributed by atoms with E-state index >= 15 is 0 Å². The first kappa shape index (κ1) is 17.6. The lowest BCUT2D eigenvalue weighted by atomic mass is 9.97. The zero-order valence-electron chi connectivity index (χ0n) is 16.6. The summed E-state index contributed by atoms with van der Waals surface area (Å²) in [5.41, 5.74) is 4.41. The van der Waals surface area contributed by atoms with Gasteiger partial charge >= 0.3 is 0 Å². The molecule has 2 aliphatic rings. The summed E-state index contributed by atoms with van der Waals surface area (Å²) in [7, 11) is 0. The summed E-state index contributed by atoms with van der Waals surface area (Å²) in [6.07, 6.45) is 3.35. The van der Waals surface area contributed by atoms with Crippen LogP contribution >= 0.6 is 0 Å². The summed E-state index contributed by atoms with van der Waals surface area (Å²) in [5, 5.41) is 1.28. The van der Waals surface area contributed by atoms with Crippen molar-refractivity contribution in [3.05, 3.63) is 58.7 Å². The summed E-state index contributed by atoms with van der Waals surface area (Å²) in [4.78, 5) is 21.4. The lowest BCUT2D eigenvalue weighted by molar-refractivity contribution is 0.0671. The Morgan fingerprint density at radius 1 is 1.21 bits per heavy atom. The van der Waals surface area contributed by atoms with Crippen molar-refractivity contribution in [3.63, 3.8) is 0 Å². The van der Waals surface area contributed by atoms with Gasteiger partial charge < -0.3 is 14.3 Å². The summed E-state index contributed by atoms with van der Waals surface area (Å²) < 4.78 is 5.94. The van der Waals surface area contributed by atoms with E-state index in [1.807, 2.05) is 17.9 Å². The molecule has 146 valence electrons. The van der Waals surface area contributed by atoms with Gasteiger partial charge in [-0.25, -0.2) is 0 Å². The van der Waals surface area contributed by atoms with E-state index in [1.165, 1.54) is 29.5 Å². The minimum absolute atomic E-state index is 0.0264. The standard InChI is InChI=1S/C23H27N3O2/c1-15-13-19(21(28-15)14-25-10-5-6-11-25)23(27)26-12-9-18-17-7-3-4-8-20(17)24-22(18)16(26)2/h3-4,7-8,13,16,24H,5-6,9-12,14H2,1-2H3/t16-/m0/s1. The minimum Gasteiger partial charge on any atom is -0.464 e. The number of amides is 1. The van der Waals surface area contributed by atoms with Crippen LogP contribution in [0.25, 0.3) is 10.9 Å². The first-order chi connectivity index (χ1) is 13.6. The van der Waals surface area contributed by atoms with Crippen LogP contribution in [0, 0.1) is 6.92 Å². The predicted octanol–water partition coefficient (Wildman–Crippen LogP) is 4.42. The first-order valence-electron chi connectivity index (χ1n) is 10.3. The van der Waals surface area contributed by atoms with E-state index in [9.17, 15) is 4.79 Å². The highest BCUT2D eigenvalue weighted by atomic mass is 16.3. The van der Waals surface area contributed by atoms with E-state index in [0.29, 0.717) is 0 Å². The third-order valence-corrected chi connectivity index (χ3v) is 6.32. The van der Waals surface area contributed by atoms with Crippen LogP contribution in [0.1, 0.15) is 58.9 Å². The Hall–Kier alpha value is -2.53. The third kappa shape index (κ3) is 2.85. The minimum atomic E-state index is 0.0264. The van der Waals surface area contributed by atoms with Gasteiger partial charge in [-0.2, -0.15) is 0 Å². The highest BCUT2D eigenvalue weighted by Crippen LogP contribution is 2.35. The number of rotatable bonds is 3.